The third kappa shape index (κ3) is 3.50. The second-order valence-corrected chi connectivity index (χ2v) is 6.28. The highest BCUT2D eigenvalue weighted by atomic mass is 32.1. The topological polar surface area (TPSA) is 44.1 Å². The maximum absolute atomic E-state index is 12.5. The van der Waals surface area contributed by atoms with Gasteiger partial charge in [-0.05, 0) is 42.7 Å². The van der Waals surface area contributed by atoms with Gasteiger partial charge in [0, 0.05) is 18.5 Å². The fourth-order valence-corrected chi connectivity index (χ4v) is 3.36. The highest BCUT2D eigenvalue weighted by Gasteiger charge is 2.16. The standard InChI is InChI=1S/C17H18N2OS/c1-4-15-9-16(21-12(15)2)17(20)19(3)11-14-7-5-6-13(8-14)10-18/h5-9H,4,11H2,1-3H3. The van der Waals surface area contributed by atoms with E-state index in [4.69, 9.17) is 5.26 Å². The minimum absolute atomic E-state index is 0.0326. The Morgan fingerprint density at radius 3 is 2.76 bits per heavy atom. The van der Waals surface area contributed by atoms with Crippen molar-refractivity contribution in [1.29, 1.82) is 5.26 Å². The Labute approximate surface area is 129 Å². The summed E-state index contributed by atoms with van der Waals surface area (Å²) in [4.78, 5) is 16.1. The summed E-state index contributed by atoms with van der Waals surface area (Å²) in [6.45, 7) is 4.66. The molecule has 1 amide bonds. The van der Waals surface area contributed by atoms with E-state index >= 15 is 0 Å². The van der Waals surface area contributed by atoms with Crippen molar-refractivity contribution in [2.45, 2.75) is 26.8 Å². The van der Waals surface area contributed by atoms with Gasteiger partial charge in [-0.25, -0.2) is 0 Å². The van der Waals surface area contributed by atoms with Crippen LogP contribution in [0, 0.1) is 18.3 Å². The van der Waals surface area contributed by atoms with Crippen LogP contribution in [0.4, 0.5) is 0 Å². The molecule has 1 aromatic carbocycles. The summed E-state index contributed by atoms with van der Waals surface area (Å²) < 4.78 is 0. The predicted octanol–water partition coefficient (Wildman–Crippen LogP) is 3.76. The number of benzene rings is 1. The van der Waals surface area contributed by atoms with Gasteiger partial charge in [-0.2, -0.15) is 5.26 Å². The summed E-state index contributed by atoms with van der Waals surface area (Å²) >= 11 is 1.55. The van der Waals surface area contributed by atoms with E-state index in [1.165, 1.54) is 10.4 Å². The van der Waals surface area contributed by atoms with Gasteiger partial charge >= 0.3 is 0 Å². The zero-order chi connectivity index (χ0) is 15.4. The number of thiophene rings is 1. The number of hydrogen-bond donors (Lipinski definition) is 0. The van der Waals surface area contributed by atoms with Crippen molar-refractivity contribution in [3.63, 3.8) is 0 Å². The third-order valence-electron chi connectivity index (χ3n) is 3.43. The molecular weight excluding hydrogens is 280 g/mol. The second kappa shape index (κ2) is 6.55. The van der Waals surface area contributed by atoms with Crippen LogP contribution in [0.15, 0.2) is 30.3 Å². The predicted molar refractivity (Wildman–Crippen MR) is 85.4 cm³/mol. The first-order valence-electron chi connectivity index (χ1n) is 6.89. The number of hydrogen-bond acceptors (Lipinski definition) is 3. The van der Waals surface area contributed by atoms with Crippen molar-refractivity contribution in [3.8, 4) is 6.07 Å². The van der Waals surface area contributed by atoms with Crippen molar-refractivity contribution >= 4 is 17.2 Å². The molecule has 0 saturated carbocycles. The average Bonchev–Trinajstić information content (AvgIpc) is 2.87. The summed E-state index contributed by atoms with van der Waals surface area (Å²) in [5, 5.41) is 8.91. The van der Waals surface area contributed by atoms with E-state index in [-0.39, 0.29) is 5.91 Å². The monoisotopic (exact) mass is 298 g/mol. The van der Waals surface area contributed by atoms with Crippen LogP contribution < -0.4 is 0 Å². The van der Waals surface area contributed by atoms with E-state index in [1.54, 1.807) is 29.4 Å². The highest BCUT2D eigenvalue weighted by molar-refractivity contribution is 7.14. The molecule has 1 heterocycles. The molecule has 4 heteroatoms. The first-order chi connectivity index (χ1) is 10.0. The molecule has 0 aliphatic rings. The molecule has 3 nitrogen and oxygen atoms in total. The van der Waals surface area contributed by atoms with Crippen molar-refractivity contribution in [2.24, 2.45) is 0 Å². The maximum Gasteiger partial charge on any atom is 0.263 e. The number of carbonyl (C=O) groups is 1. The number of rotatable bonds is 4. The fourth-order valence-electron chi connectivity index (χ4n) is 2.25. The van der Waals surface area contributed by atoms with Gasteiger partial charge in [0.15, 0.2) is 0 Å². The zero-order valence-electron chi connectivity index (χ0n) is 12.5. The Hall–Kier alpha value is -2.12. The summed E-state index contributed by atoms with van der Waals surface area (Å²) in [6, 6.07) is 11.5. The molecule has 1 aromatic heterocycles. The molecule has 0 saturated heterocycles. The van der Waals surface area contributed by atoms with Crippen molar-refractivity contribution in [2.75, 3.05) is 7.05 Å². The minimum Gasteiger partial charge on any atom is -0.337 e. The van der Waals surface area contributed by atoms with E-state index in [1.807, 2.05) is 24.3 Å². The van der Waals surface area contributed by atoms with E-state index in [2.05, 4.69) is 19.9 Å². The first-order valence-corrected chi connectivity index (χ1v) is 7.70. The number of amides is 1. The van der Waals surface area contributed by atoms with Gasteiger partial charge in [-0.3, -0.25) is 4.79 Å². The SMILES string of the molecule is CCc1cc(C(=O)N(C)Cc2cccc(C#N)c2)sc1C. The molecule has 0 atom stereocenters. The molecule has 0 spiro atoms. The number of nitriles is 1. The molecule has 2 rings (SSSR count). The van der Waals surface area contributed by atoms with E-state index < -0.39 is 0 Å². The van der Waals surface area contributed by atoms with Crippen molar-refractivity contribution in [3.05, 3.63) is 56.8 Å². The van der Waals surface area contributed by atoms with E-state index in [0.29, 0.717) is 12.1 Å². The molecule has 0 unspecified atom stereocenters. The van der Waals surface area contributed by atoms with Crippen molar-refractivity contribution < 1.29 is 4.79 Å². The quantitative estimate of drug-likeness (QED) is 0.862. The van der Waals surface area contributed by atoms with Gasteiger partial charge in [-0.15, -0.1) is 11.3 Å². The molecule has 2 aromatic rings. The molecule has 108 valence electrons. The third-order valence-corrected chi connectivity index (χ3v) is 4.52. The lowest BCUT2D eigenvalue weighted by molar-refractivity contribution is 0.0790. The van der Waals surface area contributed by atoms with Crippen LogP contribution in [-0.4, -0.2) is 17.9 Å². The molecule has 0 aliphatic heterocycles. The lowest BCUT2D eigenvalue weighted by atomic mass is 10.1. The Morgan fingerprint density at radius 2 is 2.14 bits per heavy atom. The largest absolute Gasteiger partial charge is 0.337 e. The normalized spacial score (nSPS) is 10.2. The highest BCUT2D eigenvalue weighted by Crippen LogP contribution is 2.23. The fraction of sp³-hybridized carbons (Fsp3) is 0.294. The Bertz CT molecular complexity index is 697. The molecule has 21 heavy (non-hydrogen) atoms. The van der Waals surface area contributed by atoms with Gasteiger partial charge in [0.05, 0.1) is 16.5 Å². The van der Waals surface area contributed by atoms with E-state index in [0.717, 1.165) is 16.9 Å². The number of nitrogens with zero attached hydrogens (tertiary/aromatic N) is 2. The van der Waals surface area contributed by atoms with Crippen LogP contribution in [-0.2, 0) is 13.0 Å². The molecular formula is C17H18N2OS. The van der Waals surface area contributed by atoms with Crippen molar-refractivity contribution in [1.82, 2.24) is 4.90 Å². The Balaban J connectivity index is 2.13. The Kier molecular flexibility index (Phi) is 4.77. The van der Waals surface area contributed by atoms with Gasteiger partial charge in [0.1, 0.15) is 0 Å². The minimum atomic E-state index is 0.0326. The first kappa shape index (κ1) is 15.3. The van der Waals surface area contributed by atoms with Crippen LogP contribution in [0.1, 0.15) is 38.2 Å². The zero-order valence-corrected chi connectivity index (χ0v) is 13.3. The second-order valence-electron chi connectivity index (χ2n) is 5.02. The van der Waals surface area contributed by atoms with Crippen LogP contribution in [0.2, 0.25) is 0 Å². The summed E-state index contributed by atoms with van der Waals surface area (Å²) in [6.07, 6.45) is 0.948. The lowest BCUT2D eigenvalue weighted by Gasteiger charge is -2.16. The lowest BCUT2D eigenvalue weighted by Crippen LogP contribution is -2.25. The number of aryl methyl sites for hydroxylation is 2. The van der Waals surface area contributed by atoms with Gasteiger partial charge in [0.2, 0.25) is 0 Å². The molecule has 0 bridgehead atoms. The molecule has 0 fully saturated rings. The summed E-state index contributed by atoms with van der Waals surface area (Å²) in [5.74, 6) is 0.0326. The summed E-state index contributed by atoms with van der Waals surface area (Å²) in [5.41, 5.74) is 2.82. The van der Waals surface area contributed by atoms with E-state index in [9.17, 15) is 4.79 Å². The Morgan fingerprint density at radius 1 is 1.38 bits per heavy atom. The summed E-state index contributed by atoms with van der Waals surface area (Å²) in [7, 11) is 1.79. The van der Waals surface area contributed by atoms with Gasteiger partial charge in [-0.1, -0.05) is 19.1 Å². The van der Waals surface area contributed by atoms with Gasteiger partial charge < -0.3 is 4.90 Å². The van der Waals surface area contributed by atoms with Crippen LogP contribution in [0.5, 0.6) is 0 Å². The maximum atomic E-state index is 12.5. The van der Waals surface area contributed by atoms with Crippen LogP contribution >= 0.6 is 11.3 Å². The molecule has 0 radical (unpaired) electrons. The molecule has 0 N–H and O–H groups in total. The average molecular weight is 298 g/mol. The van der Waals surface area contributed by atoms with Gasteiger partial charge in [0.25, 0.3) is 5.91 Å². The molecule has 0 aliphatic carbocycles. The number of carbonyl (C=O) groups excluding carboxylic acids is 1. The van der Waals surface area contributed by atoms with Crippen LogP contribution in [0.25, 0.3) is 0 Å². The van der Waals surface area contributed by atoms with Crippen LogP contribution in [0.3, 0.4) is 0 Å². The smallest absolute Gasteiger partial charge is 0.263 e.